The highest BCUT2D eigenvalue weighted by molar-refractivity contribution is 5.95. The van der Waals surface area contributed by atoms with Gasteiger partial charge in [-0.25, -0.2) is 14.4 Å². The second kappa shape index (κ2) is 8.18. The van der Waals surface area contributed by atoms with Crippen molar-refractivity contribution in [3.05, 3.63) is 53.8 Å². The molecule has 0 saturated carbocycles. The van der Waals surface area contributed by atoms with Gasteiger partial charge in [-0.2, -0.15) is 4.52 Å². The summed E-state index contributed by atoms with van der Waals surface area (Å²) < 4.78 is 15.5. The van der Waals surface area contributed by atoms with Gasteiger partial charge in [0.05, 0.1) is 5.52 Å². The van der Waals surface area contributed by atoms with E-state index < -0.39 is 6.04 Å². The summed E-state index contributed by atoms with van der Waals surface area (Å²) in [7, 11) is 0. The Morgan fingerprint density at radius 2 is 2.00 bits per heavy atom. The summed E-state index contributed by atoms with van der Waals surface area (Å²) in [5.41, 5.74) is 3.12. The highest BCUT2D eigenvalue weighted by Gasteiger charge is 2.24. The van der Waals surface area contributed by atoms with E-state index in [1.54, 1.807) is 16.6 Å². The fourth-order valence-electron chi connectivity index (χ4n) is 4.20. The molecule has 0 radical (unpaired) electrons. The molecule has 2 aromatic carbocycles. The third-order valence-corrected chi connectivity index (χ3v) is 5.88. The summed E-state index contributed by atoms with van der Waals surface area (Å²) in [5.74, 6) is 0.730. The van der Waals surface area contributed by atoms with Crippen LogP contribution in [0.25, 0.3) is 27.9 Å². The Morgan fingerprint density at radius 3 is 2.81 bits per heavy atom. The minimum atomic E-state index is -0.404. The highest BCUT2D eigenvalue weighted by Crippen LogP contribution is 2.30. The van der Waals surface area contributed by atoms with E-state index in [-0.39, 0.29) is 17.6 Å². The number of fused-ring (bicyclic) bond motifs is 3. The van der Waals surface area contributed by atoms with E-state index in [1.165, 1.54) is 12.1 Å². The van der Waals surface area contributed by atoms with E-state index in [0.29, 0.717) is 35.9 Å². The SMILES string of the molecule is CC(C)c1cccc2c1nc(NC1CCCCNC1=O)n1nc(-c3cccc(F)c3)nc21. The molecule has 1 fully saturated rings. The largest absolute Gasteiger partial charge is 0.354 e. The zero-order valence-corrected chi connectivity index (χ0v) is 18.1. The first-order valence-corrected chi connectivity index (χ1v) is 11.0. The zero-order chi connectivity index (χ0) is 22.2. The Morgan fingerprint density at radius 1 is 1.16 bits per heavy atom. The normalized spacial score (nSPS) is 17.0. The second-order valence-electron chi connectivity index (χ2n) is 8.50. The number of carbonyl (C=O) groups is 1. The first kappa shape index (κ1) is 20.4. The summed E-state index contributed by atoms with van der Waals surface area (Å²) >= 11 is 0. The maximum absolute atomic E-state index is 13.8. The fraction of sp³-hybridized carbons (Fsp3) is 0.333. The van der Waals surface area contributed by atoms with Crippen LogP contribution in [0.15, 0.2) is 42.5 Å². The number of carbonyl (C=O) groups excluding carboxylic acids is 1. The second-order valence-corrected chi connectivity index (χ2v) is 8.50. The number of benzene rings is 2. The molecular weight excluding hydrogens is 407 g/mol. The Balaban J connectivity index is 1.72. The van der Waals surface area contributed by atoms with Crippen LogP contribution in [0.5, 0.6) is 0 Å². The Kier molecular flexibility index (Phi) is 5.20. The quantitative estimate of drug-likeness (QED) is 0.503. The third-order valence-electron chi connectivity index (χ3n) is 5.88. The molecule has 2 aromatic heterocycles. The van der Waals surface area contributed by atoms with E-state index in [1.807, 2.05) is 12.1 Å². The van der Waals surface area contributed by atoms with E-state index in [2.05, 4.69) is 35.6 Å². The molecule has 1 atom stereocenters. The predicted molar refractivity (Wildman–Crippen MR) is 122 cm³/mol. The van der Waals surface area contributed by atoms with Crippen LogP contribution in [0, 0.1) is 5.82 Å². The van der Waals surface area contributed by atoms with Crippen LogP contribution in [0.2, 0.25) is 0 Å². The lowest BCUT2D eigenvalue weighted by Gasteiger charge is -2.18. The van der Waals surface area contributed by atoms with Crippen LogP contribution in [-0.4, -0.2) is 38.1 Å². The van der Waals surface area contributed by atoms with Crippen molar-refractivity contribution in [2.45, 2.75) is 45.1 Å². The maximum atomic E-state index is 13.8. The molecule has 5 rings (SSSR count). The molecule has 0 bridgehead atoms. The van der Waals surface area contributed by atoms with Gasteiger partial charge in [-0.1, -0.05) is 38.1 Å². The molecular formula is C24H25FN6O. The van der Waals surface area contributed by atoms with Crippen LogP contribution in [0.4, 0.5) is 10.3 Å². The van der Waals surface area contributed by atoms with Crippen LogP contribution in [-0.2, 0) is 4.79 Å². The standard InChI is InChI=1S/C24H25FN6O/c1-14(2)17-9-6-10-18-20(17)28-24(27-19-11-3-4-12-26-23(19)32)31-22(18)29-21(30-31)15-7-5-8-16(25)13-15/h5-10,13-14,19H,3-4,11-12H2,1-2H3,(H,26,32)(H,27,28). The predicted octanol–water partition coefficient (Wildman–Crippen LogP) is 4.29. The molecule has 0 spiro atoms. The molecule has 4 aromatic rings. The molecule has 2 N–H and O–H groups in total. The van der Waals surface area contributed by atoms with E-state index in [9.17, 15) is 9.18 Å². The van der Waals surface area contributed by atoms with Crippen molar-refractivity contribution in [2.24, 2.45) is 0 Å². The van der Waals surface area contributed by atoms with Crippen LogP contribution in [0.1, 0.15) is 44.6 Å². The molecule has 1 aliphatic heterocycles. The van der Waals surface area contributed by atoms with Crippen molar-refractivity contribution in [1.29, 1.82) is 0 Å². The molecule has 1 amide bonds. The van der Waals surface area contributed by atoms with Gasteiger partial charge in [0.1, 0.15) is 11.9 Å². The molecule has 8 heteroatoms. The first-order chi connectivity index (χ1) is 15.5. The number of anilines is 1. The minimum Gasteiger partial charge on any atom is -0.354 e. The molecule has 7 nitrogen and oxygen atoms in total. The maximum Gasteiger partial charge on any atom is 0.242 e. The number of aromatic nitrogens is 4. The third kappa shape index (κ3) is 3.66. The molecule has 1 aliphatic rings. The summed E-state index contributed by atoms with van der Waals surface area (Å²) in [4.78, 5) is 22.2. The van der Waals surface area contributed by atoms with Crippen LogP contribution < -0.4 is 10.6 Å². The summed E-state index contributed by atoms with van der Waals surface area (Å²) in [6.07, 6.45) is 2.61. The fourth-order valence-corrected chi connectivity index (χ4v) is 4.20. The van der Waals surface area contributed by atoms with E-state index in [4.69, 9.17) is 9.97 Å². The van der Waals surface area contributed by atoms with Gasteiger partial charge in [0.25, 0.3) is 0 Å². The molecule has 3 heterocycles. The molecule has 32 heavy (non-hydrogen) atoms. The lowest BCUT2D eigenvalue weighted by molar-refractivity contribution is -0.121. The van der Waals surface area contributed by atoms with E-state index in [0.717, 1.165) is 29.3 Å². The number of hydrogen-bond acceptors (Lipinski definition) is 5. The first-order valence-electron chi connectivity index (χ1n) is 11.0. The van der Waals surface area contributed by atoms with Gasteiger partial charge in [0, 0.05) is 17.5 Å². The molecule has 164 valence electrons. The van der Waals surface area contributed by atoms with Gasteiger partial charge >= 0.3 is 0 Å². The Hall–Kier alpha value is -3.55. The summed E-state index contributed by atoms with van der Waals surface area (Å²) in [6.45, 7) is 4.92. The Bertz CT molecular complexity index is 1310. The molecule has 1 saturated heterocycles. The summed E-state index contributed by atoms with van der Waals surface area (Å²) in [6, 6.07) is 11.8. The smallest absolute Gasteiger partial charge is 0.242 e. The minimum absolute atomic E-state index is 0.0415. The number of nitrogens with zero attached hydrogens (tertiary/aromatic N) is 4. The van der Waals surface area contributed by atoms with Gasteiger partial charge in [-0.15, -0.1) is 5.10 Å². The summed E-state index contributed by atoms with van der Waals surface area (Å²) in [5, 5.41) is 11.8. The lowest BCUT2D eigenvalue weighted by atomic mass is 10.0. The van der Waals surface area contributed by atoms with Crippen LogP contribution >= 0.6 is 0 Å². The van der Waals surface area contributed by atoms with Crippen molar-refractivity contribution in [3.8, 4) is 11.4 Å². The van der Waals surface area contributed by atoms with Gasteiger partial charge in [0.15, 0.2) is 11.5 Å². The number of hydrogen-bond donors (Lipinski definition) is 2. The van der Waals surface area contributed by atoms with Crippen molar-refractivity contribution in [2.75, 3.05) is 11.9 Å². The van der Waals surface area contributed by atoms with Crippen molar-refractivity contribution in [1.82, 2.24) is 24.9 Å². The number of nitrogens with one attached hydrogen (secondary N) is 2. The highest BCUT2D eigenvalue weighted by atomic mass is 19.1. The van der Waals surface area contributed by atoms with E-state index >= 15 is 0 Å². The van der Waals surface area contributed by atoms with Crippen LogP contribution in [0.3, 0.4) is 0 Å². The van der Waals surface area contributed by atoms with Crippen molar-refractivity contribution < 1.29 is 9.18 Å². The van der Waals surface area contributed by atoms with Gasteiger partial charge in [-0.3, -0.25) is 4.79 Å². The average molecular weight is 433 g/mol. The molecule has 1 unspecified atom stereocenters. The number of amides is 1. The Labute approximate surface area is 185 Å². The topological polar surface area (TPSA) is 84.2 Å². The number of para-hydroxylation sites is 1. The van der Waals surface area contributed by atoms with Gasteiger partial charge in [0.2, 0.25) is 11.9 Å². The van der Waals surface area contributed by atoms with Gasteiger partial charge in [-0.05, 0) is 48.9 Å². The zero-order valence-electron chi connectivity index (χ0n) is 18.1. The lowest BCUT2D eigenvalue weighted by Crippen LogP contribution is -2.38. The monoisotopic (exact) mass is 432 g/mol. The average Bonchev–Trinajstić information content (AvgIpc) is 3.14. The van der Waals surface area contributed by atoms with Crippen molar-refractivity contribution in [3.63, 3.8) is 0 Å². The van der Waals surface area contributed by atoms with Crippen molar-refractivity contribution >= 4 is 28.4 Å². The number of halogens is 1. The molecule has 0 aliphatic carbocycles. The number of rotatable bonds is 4. The van der Waals surface area contributed by atoms with Gasteiger partial charge < -0.3 is 10.6 Å².